The van der Waals surface area contributed by atoms with Crippen molar-refractivity contribution in [2.45, 2.75) is 12.2 Å². The predicted molar refractivity (Wildman–Crippen MR) is 99.9 cm³/mol. The van der Waals surface area contributed by atoms with E-state index in [2.05, 4.69) is 31.0 Å². The van der Waals surface area contributed by atoms with E-state index in [1.165, 1.54) is 0 Å². The highest BCUT2D eigenvalue weighted by molar-refractivity contribution is 9.10. The molecule has 2 atom stereocenters. The molecule has 0 fully saturated rings. The SMILES string of the molecule is OC[C@@H](O)[C@H](O)c1nn(-c2ccc(Br)cc2)c2nc3ccccc3nc12. The maximum absolute atomic E-state index is 10.4. The van der Waals surface area contributed by atoms with Crippen molar-refractivity contribution in [1.82, 2.24) is 19.7 Å². The molecule has 2 aromatic carbocycles. The topological polar surface area (TPSA) is 104 Å². The van der Waals surface area contributed by atoms with Gasteiger partial charge in [-0.05, 0) is 36.4 Å². The number of hydrogen-bond acceptors (Lipinski definition) is 6. The lowest BCUT2D eigenvalue weighted by atomic mass is 10.1. The third-order valence-electron chi connectivity index (χ3n) is 4.11. The Morgan fingerprint density at radius 3 is 2.27 bits per heavy atom. The second kappa shape index (κ2) is 6.73. The highest BCUT2D eigenvalue weighted by Crippen LogP contribution is 2.28. The predicted octanol–water partition coefficient (Wildman–Crippen LogP) is 2.12. The molecular weight excluding hydrogens is 400 g/mol. The van der Waals surface area contributed by atoms with Crippen LogP contribution in [-0.4, -0.2) is 47.8 Å². The van der Waals surface area contributed by atoms with Gasteiger partial charge in [-0.1, -0.05) is 28.1 Å². The average molecular weight is 415 g/mol. The summed E-state index contributed by atoms with van der Waals surface area (Å²) in [7, 11) is 0. The van der Waals surface area contributed by atoms with E-state index in [4.69, 9.17) is 0 Å². The molecule has 8 heteroatoms. The highest BCUT2D eigenvalue weighted by atomic mass is 79.9. The molecule has 2 aromatic heterocycles. The van der Waals surface area contributed by atoms with Gasteiger partial charge in [0.05, 0.1) is 23.3 Å². The molecule has 132 valence electrons. The van der Waals surface area contributed by atoms with Crippen LogP contribution in [0.2, 0.25) is 0 Å². The van der Waals surface area contributed by atoms with Crippen molar-refractivity contribution in [1.29, 1.82) is 0 Å². The number of hydrogen-bond donors (Lipinski definition) is 3. The Morgan fingerprint density at radius 2 is 1.62 bits per heavy atom. The monoisotopic (exact) mass is 414 g/mol. The average Bonchev–Trinajstić information content (AvgIpc) is 3.04. The minimum absolute atomic E-state index is 0.169. The number of para-hydroxylation sites is 2. The fourth-order valence-corrected chi connectivity index (χ4v) is 3.02. The van der Waals surface area contributed by atoms with Crippen molar-refractivity contribution in [3.8, 4) is 5.69 Å². The Bertz CT molecular complexity index is 1080. The zero-order valence-corrected chi connectivity index (χ0v) is 15.1. The van der Waals surface area contributed by atoms with Crippen LogP contribution in [0.4, 0.5) is 0 Å². The van der Waals surface area contributed by atoms with Gasteiger partial charge >= 0.3 is 0 Å². The second-order valence-electron chi connectivity index (χ2n) is 5.85. The standard InChI is InChI=1S/C18H15BrN4O3/c19-10-5-7-11(8-6-10)23-18-16(15(22-23)17(26)14(25)9-24)20-12-3-1-2-4-13(12)21-18/h1-8,14,17,24-26H,9H2/t14-,17+/m1/s1. The molecule has 0 aliphatic rings. The van der Waals surface area contributed by atoms with Gasteiger partial charge in [0.25, 0.3) is 0 Å². The van der Waals surface area contributed by atoms with Gasteiger partial charge in [-0.15, -0.1) is 0 Å². The fraction of sp³-hybridized carbons (Fsp3) is 0.167. The number of rotatable bonds is 4. The minimum atomic E-state index is -1.38. The molecule has 4 aromatic rings. The van der Waals surface area contributed by atoms with Gasteiger partial charge in [-0.25, -0.2) is 14.6 Å². The number of aromatic nitrogens is 4. The van der Waals surface area contributed by atoms with Crippen LogP contribution in [0.5, 0.6) is 0 Å². The number of benzene rings is 2. The number of aliphatic hydroxyl groups is 3. The maximum Gasteiger partial charge on any atom is 0.182 e. The van der Waals surface area contributed by atoms with Gasteiger partial charge < -0.3 is 15.3 Å². The summed E-state index contributed by atoms with van der Waals surface area (Å²) in [5.74, 6) is 0. The molecule has 26 heavy (non-hydrogen) atoms. The van der Waals surface area contributed by atoms with Gasteiger partial charge in [-0.3, -0.25) is 0 Å². The number of nitrogens with zero attached hydrogens (tertiary/aromatic N) is 4. The number of halogens is 1. The molecule has 2 heterocycles. The van der Waals surface area contributed by atoms with E-state index in [9.17, 15) is 15.3 Å². The fourth-order valence-electron chi connectivity index (χ4n) is 2.76. The lowest BCUT2D eigenvalue weighted by Gasteiger charge is -2.13. The molecule has 0 saturated carbocycles. The van der Waals surface area contributed by atoms with Crippen LogP contribution in [0.1, 0.15) is 11.8 Å². The highest BCUT2D eigenvalue weighted by Gasteiger charge is 2.26. The first-order chi connectivity index (χ1) is 12.6. The Morgan fingerprint density at radius 1 is 0.962 bits per heavy atom. The van der Waals surface area contributed by atoms with Crippen LogP contribution in [0.3, 0.4) is 0 Å². The molecule has 0 unspecified atom stereocenters. The largest absolute Gasteiger partial charge is 0.394 e. The Labute approximate surface area is 156 Å². The van der Waals surface area contributed by atoms with Crippen molar-refractivity contribution in [2.24, 2.45) is 0 Å². The van der Waals surface area contributed by atoms with E-state index in [-0.39, 0.29) is 5.69 Å². The van der Waals surface area contributed by atoms with Gasteiger partial charge in [-0.2, -0.15) is 5.10 Å². The van der Waals surface area contributed by atoms with Gasteiger partial charge in [0.15, 0.2) is 5.65 Å². The number of aliphatic hydroxyl groups excluding tert-OH is 3. The Kier molecular flexibility index (Phi) is 4.41. The normalized spacial score (nSPS) is 14.0. The van der Waals surface area contributed by atoms with E-state index in [1.807, 2.05) is 48.5 Å². The molecule has 0 spiro atoms. The molecule has 0 aliphatic carbocycles. The molecular formula is C18H15BrN4O3. The molecule has 0 aliphatic heterocycles. The van der Waals surface area contributed by atoms with Crippen molar-refractivity contribution < 1.29 is 15.3 Å². The first-order valence-corrected chi connectivity index (χ1v) is 8.76. The lowest BCUT2D eigenvalue weighted by Crippen LogP contribution is -2.22. The molecule has 0 bridgehead atoms. The Hall–Kier alpha value is -2.39. The minimum Gasteiger partial charge on any atom is -0.394 e. The zero-order chi connectivity index (χ0) is 18.3. The van der Waals surface area contributed by atoms with Gasteiger partial charge in [0, 0.05) is 4.47 Å². The summed E-state index contributed by atoms with van der Waals surface area (Å²) in [6, 6.07) is 14.8. The van der Waals surface area contributed by atoms with Crippen molar-refractivity contribution in [3.05, 3.63) is 58.7 Å². The second-order valence-corrected chi connectivity index (χ2v) is 6.77. The first kappa shape index (κ1) is 17.0. The van der Waals surface area contributed by atoms with Crippen molar-refractivity contribution in [3.63, 3.8) is 0 Å². The van der Waals surface area contributed by atoms with E-state index < -0.39 is 18.8 Å². The zero-order valence-electron chi connectivity index (χ0n) is 13.5. The van der Waals surface area contributed by atoms with E-state index in [0.717, 1.165) is 10.2 Å². The van der Waals surface area contributed by atoms with Crippen LogP contribution in [-0.2, 0) is 0 Å². The van der Waals surface area contributed by atoms with Crippen molar-refractivity contribution >= 4 is 38.1 Å². The third kappa shape index (κ3) is 2.86. The molecule has 0 radical (unpaired) electrons. The molecule has 7 nitrogen and oxygen atoms in total. The maximum atomic E-state index is 10.4. The molecule has 3 N–H and O–H groups in total. The van der Waals surface area contributed by atoms with E-state index >= 15 is 0 Å². The summed E-state index contributed by atoms with van der Waals surface area (Å²) < 4.78 is 2.49. The van der Waals surface area contributed by atoms with Crippen LogP contribution >= 0.6 is 15.9 Å². The molecule has 0 saturated heterocycles. The van der Waals surface area contributed by atoms with Gasteiger partial charge in [0.2, 0.25) is 0 Å². The summed E-state index contributed by atoms with van der Waals surface area (Å²) >= 11 is 3.40. The molecule has 4 rings (SSSR count). The van der Waals surface area contributed by atoms with E-state index in [0.29, 0.717) is 22.2 Å². The first-order valence-electron chi connectivity index (χ1n) is 7.97. The summed E-state index contributed by atoms with van der Waals surface area (Å²) in [6.45, 7) is -0.588. The summed E-state index contributed by atoms with van der Waals surface area (Å²) in [5.41, 5.74) is 3.10. The third-order valence-corrected chi connectivity index (χ3v) is 4.63. The molecule has 0 amide bonds. The smallest absolute Gasteiger partial charge is 0.182 e. The van der Waals surface area contributed by atoms with Crippen LogP contribution in [0.25, 0.3) is 27.9 Å². The van der Waals surface area contributed by atoms with Crippen LogP contribution < -0.4 is 0 Å². The van der Waals surface area contributed by atoms with Crippen LogP contribution in [0, 0.1) is 0 Å². The van der Waals surface area contributed by atoms with Crippen molar-refractivity contribution in [2.75, 3.05) is 6.61 Å². The van der Waals surface area contributed by atoms with Crippen LogP contribution in [0.15, 0.2) is 53.0 Å². The summed E-state index contributed by atoms with van der Waals surface area (Å²) in [5, 5.41) is 33.9. The van der Waals surface area contributed by atoms with E-state index in [1.54, 1.807) is 4.68 Å². The quantitative estimate of drug-likeness (QED) is 0.472. The Balaban J connectivity index is 2.01. The summed E-state index contributed by atoms with van der Waals surface area (Å²) in [6.07, 6.45) is -2.74. The number of fused-ring (bicyclic) bond motifs is 2. The lowest BCUT2D eigenvalue weighted by molar-refractivity contribution is -0.0168. The van der Waals surface area contributed by atoms with Gasteiger partial charge in [0.1, 0.15) is 23.4 Å². The summed E-state index contributed by atoms with van der Waals surface area (Å²) in [4.78, 5) is 9.21.